The van der Waals surface area contributed by atoms with Gasteiger partial charge in [0.2, 0.25) is 5.76 Å². The Morgan fingerprint density at radius 1 is 1.07 bits per heavy atom. The fraction of sp³-hybridized carbons (Fsp3) is 0.250. The van der Waals surface area contributed by atoms with Crippen LogP contribution in [0.3, 0.4) is 0 Å². The highest BCUT2D eigenvalue weighted by atomic mass is 32.2. The van der Waals surface area contributed by atoms with E-state index in [1.807, 2.05) is 6.92 Å². The van der Waals surface area contributed by atoms with Gasteiger partial charge in [0.25, 0.3) is 0 Å². The lowest BCUT2D eigenvalue weighted by atomic mass is 9.88. The molecular weight excluding hydrogens is 371 g/mol. The molecule has 0 radical (unpaired) electrons. The molecule has 5 nitrogen and oxygen atoms in total. The second-order valence-corrected chi connectivity index (χ2v) is 8.55. The third-order valence-corrected chi connectivity index (χ3v) is 5.67. The van der Waals surface area contributed by atoms with Crippen LogP contribution in [-0.2, 0) is 19.4 Å². The number of ether oxygens (including phenoxy) is 2. The number of rotatable bonds is 5. The van der Waals surface area contributed by atoms with E-state index in [0.29, 0.717) is 23.3 Å². The lowest BCUT2D eigenvalue weighted by molar-refractivity contribution is -0.147. The molecule has 0 saturated heterocycles. The number of benzene rings is 2. The number of hydrogen-bond acceptors (Lipinski definition) is 5. The summed E-state index contributed by atoms with van der Waals surface area (Å²) in [4.78, 5) is 12.6. The van der Waals surface area contributed by atoms with Crippen LogP contribution >= 0.6 is 0 Å². The number of halogens is 1. The second kappa shape index (κ2) is 6.81. The minimum Gasteiger partial charge on any atom is -0.449 e. The molecule has 0 bridgehead atoms. The molecule has 1 atom stereocenters. The Hall–Kier alpha value is -2.67. The van der Waals surface area contributed by atoms with E-state index in [-0.39, 0.29) is 10.7 Å². The van der Waals surface area contributed by atoms with Crippen molar-refractivity contribution in [3.05, 3.63) is 65.7 Å². The van der Waals surface area contributed by atoms with E-state index >= 15 is 0 Å². The molecule has 27 heavy (non-hydrogen) atoms. The largest absolute Gasteiger partial charge is 0.449 e. The first-order valence-electron chi connectivity index (χ1n) is 8.36. The Morgan fingerprint density at radius 2 is 1.67 bits per heavy atom. The van der Waals surface area contributed by atoms with Crippen LogP contribution in [0.4, 0.5) is 4.39 Å². The lowest BCUT2D eigenvalue weighted by Gasteiger charge is -2.24. The van der Waals surface area contributed by atoms with Crippen LogP contribution in [-0.4, -0.2) is 26.2 Å². The maximum Gasteiger partial charge on any atom is 0.375 e. The normalized spacial score (nSPS) is 19.9. The zero-order valence-electron chi connectivity index (χ0n) is 15.2. The fourth-order valence-electron chi connectivity index (χ4n) is 2.91. The van der Waals surface area contributed by atoms with Crippen LogP contribution in [0.25, 0.3) is 5.57 Å². The number of hydrogen-bond donors (Lipinski definition) is 0. The Labute approximate surface area is 157 Å². The molecule has 0 saturated carbocycles. The van der Waals surface area contributed by atoms with Crippen molar-refractivity contribution in [2.24, 2.45) is 0 Å². The molecule has 1 aliphatic rings. The zero-order valence-corrected chi connectivity index (χ0v) is 16.0. The highest BCUT2D eigenvalue weighted by Crippen LogP contribution is 2.42. The standard InChI is InChI=1S/C20H19FO5S/c1-4-20(2)17(13-5-11-16(12-6-13)27(3,23)24)18(19(22)26-20)25-15-9-7-14(21)8-10-15/h5-12H,4H2,1-3H3. The van der Waals surface area contributed by atoms with E-state index < -0.39 is 27.2 Å². The first-order valence-corrected chi connectivity index (χ1v) is 10.3. The number of cyclic esters (lactones) is 1. The molecule has 2 aromatic rings. The Balaban J connectivity index is 2.10. The highest BCUT2D eigenvalue weighted by molar-refractivity contribution is 7.90. The summed E-state index contributed by atoms with van der Waals surface area (Å²) in [5.41, 5.74) is 0.230. The summed E-state index contributed by atoms with van der Waals surface area (Å²) in [5, 5.41) is 0. The van der Waals surface area contributed by atoms with Gasteiger partial charge >= 0.3 is 5.97 Å². The van der Waals surface area contributed by atoms with Crippen LogP contribution in [0.5, 0.6) is 5.75 Å². The van der Waals surface area contributed by atoms with Crippen molar-refractivity contribution in [3.8, 4) is 5.75 Å². The molecule has 0 N–H and O–H groups in total. The molecule has 0 amide bonds. The van der Waals surface area contributed by atoms with Gasteiger partial charge in [0.15, 0.2) is 9.84 Å². The summed E-state index contributed by atoms with van der Waals surface area (Å²) >= 11 is 0. The molecule has 2 aromatic carbocycles. The second-order valence-electron chi connectivity index (χ2n) is 6.53. The first-order chi connectivity index (χ1) is 12.6. The number of sulfone groups is 1. The Kier molecular flexibility index (Phi) is 4.82. The maximum absolute atomic E-state index is 13.1. The molecule has 1 heterocycles. The molecule has 1 unspecified atom stereocenters. The van der Waals surface area contributed by atoms with Gasteiger partial charge in [-0.3, -0.25) is 0 Å². The average molecular weight is 390 g/mol. The smallest absolute Gasteiger partial charge is 0.375 e. The third kappa shape index (κ3) is 3.73. The van der Waals surface area contributed by atoms with Gasteiger partial charge < -0.3 is 9.47 Å². The van der Waals surface area contributed by atoms with Crippen molar-refractivity contribution in [3.63, 3.8) is 0 Å². The minimum absolute atomic E-state index is 0.0121. The zero-order chi connectivity index (χ0) is 19.8. The van der Waals surface area contributed by atoms with Crippen LogP contribution in [0, 0.1) is 5.82 Å². The van der Waals surface area contributed by atoms with Crippen LogP contribution in [0.15, 0.2) is 59.2 Å². The van der Waals surface area contributed by atoms with Crippen molar-refractivity contribution in [2.75, 3.05) is 6.26 Å². The summed E-state index contributed by atoms with van der Waals surface area (Å²) in [7, 11) is -3.34. The summed E-state index contributed by atoms with van der Waals surface area (Å²) in [6, 6.07) is 11.5. The van der Waals surface area contributed by atoms with Crippen molar-refractivity contribution >= 4 is 21.4 Å². The van der Waals surface area contributed by atoms with Crippen molar-refractivity contribution in [1.29, 1.82) is 0 Å². The summed E-state index contributed by atoms with van der Waals surface area (Å²) in [6.45, 7) is 3.64. The van der Waals surface area contributed by atoms with E-state index in [4.69, 9.17) is 9.47 Å². The van der Waals surface area contributed by atoms with Gasteiger partial charge in [-0.05, 0) is 55.3 Å². The average Bonchev–Trinajstić information content (AvgIpc) is 2.87. The molecule has 7 heteroatoms. The van der Waals surface area contributed by atoms with Gasteiger partial charge in [-0.25, -0.2) is 17.6 Å². The summed E-state index contributed by atoms with van der Waals surface area (Å²) in [5.74, 6) is -0.724. The van der Waals surface area contributed by atoms with Crippen LogP contribution < -0.4 is 4.74 Å². The maximum atomic E-state index is 13.1. The van der Waals surface area contributed by atoms with Gasteiger partial charge in [0.05, 0.1) is 10.5 Å². The molecule has 0 fully saturated rings. The number of esters is 1. The molecule has 0 aliphatic carbocycles. The number of carbonyl (C=O) groups is 1. The molecule has 3 rings (SSSR count). The van der Waals surface area contributed by atoms with Crippen LogP contribution in [0.1, 0.15) is 25.8 Å². The van der Waals surface area contributed by atoms with Crippen molar-refractivity contribution < 1.29 is 27.1 Å². The lowest BCUT2D eigenvalue weighted by Crippen LogP contribution is -2.26. The van der Waals surface area contributed by atoms with Gasteiger partial charge in [0, 0.05) is 6.26 Å². The topological polar surface area (TPSA) is 69.7 Å². The van der Waals surface area contributed by atoms with Gasteiger partial charge in [-0.15, -0.1) is 0 Å². The molecule has 0 spiro atoms. The number of carbonyl (C=O) groups excluding carboxylic acids is 1. The van der Waals surface area contributed by atoms with E-state index in [1.165, 1.54) is 36.4 Å². The predicted molar refractivity (Wildman–Crippen MR) is 98.3 cm³/mol. The van der Waals surface area contributed by atoms with Gasteiger partial charge in [-0.2, -0.15) is 0 Å². The molecule has 142 valence electrons. The minimum atomic E-state index is -3.34. The fourth-order valence-corrected chi connectivity index (χ4v) is 3.54. The van der Waals surface area contributed by atoms with E-state index in [1.54, 1.807) is 19.1 Å². The summed E-state index contributed by atoms with van der Waals surface area (Å²) in [6.07, 6.45) is 1.63. The molecule has 0 aromatic heterocycles. The van der Waals surface area contributed by atoms with Crippen molar-refractivity contribution in [1.82, 2.24) is 0 Å². The van der Waals surface area contributed by atoms with E-state index in [0.717, 1.165) is 6.26 Å². The van der Waals surface area contributed by atoms with Crippen LogP contribution in [0.2, 0.25) is 0 Å². The quantitative estimate of drug-likeness (QED) is 0.728. The highest BCUT2D eigenvalue weighted by Gasteiger charge is 2.45. The predicted octanol–water partition coefficient (Wildman–Crippen LogP) is 3.74. The molecule has 1 aliphatic heterocycles. The van der Waals surface area contributed by atoms with Crippen molar-refractivity contribution in [2.45, 2.75) is 30.8 Å². The Morgan fingerprint density at radius 3 is 2.19 bits per heavy atom. The SMILES string of the molecule is CCC1(C)OC(=O)C(Oc2ccc(F)cc2)=C1c1ccc(S(C)(=O)=O)cc1. The van der Waals surface area contributed by atoms with Gasteiger partial charge in [-0.1, -0.05) is 19.1 Å². The van der Waals surface area contributed by atoms with Gasteiger partial charge in [0.1, 0.15) is 17.2 Å². The first kappa shape index (κ1) is 19.1. The summed E-state index contributed by atoms with van der Waals surface area (Å²) < 4.78 is 47.8. The molecular formula is C20H19FO5S. The monoisotopic (exact) mass is 390 g/mol. The van der Waals surface area contributed by atoms with E-state index in [2.05, 4.69) is 0 Å². The third-order valence-electron chi connectivity index (χ3n) is 4.54. The van der Waals surface area contributed by atoms with E-state index in [9.17, 15) is 17.6 Å². The Bertz CT molecular complexity index is 1010.